The van der Waals surface area contributed by atoms with Gasteiger partial charge in [-0.05, 0) is 78.2 Å². The topological polar surface area (TPSA) is 313 Å². The minimum atomic E-state index is -1.68. The number of aliphatic carboxylic acids is 1. The largest absolute Gasteiger partial charge is 0.479 e. The maximum atomic E-state index is 14.1. The molecule has 394 valence electrons. The summed E-state index contributed by atoms with van der Waals surface area (Å²) in [5.41, 5.74) is 14.1. The Hall–Kier alpha value is -6.81. The molecule has 3 aliphatic rings. The second-order valence-electron chi connectivity index (χ2n) is 17.8. The van der Waals surface area contributed by atoms with Crippen molar-refractivity contribution in [2.24, 2.45) is 17.4 Å². The summed E-state index contributed by atoms with van der Waals surface area (Å²) in [6, 6.07) is 21.5. The molecule has 8 rings (SSSR count). The van der Waals surface area contributed by atoms with E-state index >= 15 is 0 Å². The maximum Gasteiger partial charge on any atom is 0.335 e. The van der Waals surface area contributed by atoms with Gasteiger partial charge < -0.3 is 72.7 Å². The van der Waals surface area contributed by atoms with E-state index in [0.29, 0.717) is 77.6 Å². The fraction of sp³-hybridized carbons (Fsp3) is 0.423. The SMILES string of the molecule is C1CCC1.CC(C)C(NCCN)C(=O)NCC(=O)Nc1ccc(C(=O)Nc2ccc3[nH]c(C(=O)N4CCc5c4cc(O[C@@H]4C[C@@H](O)[C@H](O)[C@@H](C(=O)O)O4)c4ccccc54)cc3c2)cc1.CCCNC(N)=O.CCl. The third-order valence-corrected chi connectivity index (χ3v) is 12.1. The number of hydrogen-bond donors (Lipinski definition) is 11. The van der Waals surface area contributed by atoms with Crippen LogP contribution in [0.3, 0.4) is 0 Å². The van der Waals surface area contributed by atoms with Crippen LogP contribution < -0.4 is 47.7 Å². The number of halogens is 1. The standard InChI is InChI=1S/C43H47N7O10.C4H10N2O.C4H8.CH3Cl/c1-22(2)37(45-15-14-44)41(55)46-21-35(52)47-25-9-7-23(8-10-25)40(54)48-26-11-12-30-24(17-26)18-31(49-30)42(56)50-16-13-28-27-5-3-4-6-29(27)34(19-32(28)50)59-36-20-33(51)38(53)39(60-36)43(57)58;1-2-3-6-4(5)7;1-2-4-3-1;1-2/h3-12,17-19,22,33,36-39,45,49,51,53H,13-16,20-21,44H2,1-2H3,(H,46,55)(H,47,52)(H,48,54)(H,57,58);2-3H2,1H3,(H3,5,6,7);1-4H2;1H3/t33-,36+,37?,38+,39+;;;/m1.../s1. The van der Waals surface area contributed by atoms with E-state index in [2.05, 4.69) is 43.2 Å². The van der Waals surface area contributed by atoms with Crippen molar-refractivity contribution in [2.45, 2.75) is 96.4 Å². The van der Waals surface area contributed by atoms with Gasteiger partial charge in [0.2, 0.25) is 18.1 Å². The molecule has 5 atom stereocenters. The van der Waals surface area contributed by atoms with Crippen LogP contribution in [0.2, 0.25) is 0 Å². The zero-order chi connectivity index (χ0) is 53.2. The first-order valence-corrected chi connectivity index (χ1v) is 25.1. The number of alkyl halides is 1. The number of carboxylic acid groups (broad SMARTS) is 1. The van der Waals surface area contributed by atoms with E-state index in [0.717, 1.165) is 22.8 Å². The monoisotopic (exact) mass is 1030 g/mol. The number of benzene rings is 4. The van der Waals surface area contributed by atoms with Crippen LogP contribution in [-0.4, -0.2) is 126 Å². The number of primary amides is 1. The van der Waals surface area contributed by atoms with Crippen LogP contribution in [0.4, 0.5) is 21.9 Å². The van der Waals surface area contributed by atoms with Crippen molar-refractivity contribution in [1.82, 2.24) is 20.9 Å². The number of H-pyrrole nitrogens is 1. The minimum absolute atomic E-state index is 0.00174. The number of aromatic nitrogens is 1. The van der Waals surface area contributed by atoms with Crippen molar-refractivity contribution in [3.63, 3.8) is 0 Å². The Labute approximate surface area is 428 Å². The Morgan fingerprint density at radius 1 is 0.877 bits per heavy atom. The van der Waals surface area contributed by atoms with Gasteiger partial charge in [0, 0.05) is 78.3 Å². The number of carboxylic acids is 1. The summed E-state index contributed by atoms with van der Waals surface area (Å²) in [6.45, 7) is 7.45. The molecule has 2 aliphatic heterocycles. The summed E-state index contributed by atoms with van der Waals surface area (Å²) in [6.07, 6.45) is 2.97. The molecular formula is C52H68ClN9O11. The number of fused-ring (bicyclic) bond motifs is 4. The molecule has 1 saturated carbocycles. The van der Waals surface area contributed by atoms with Gasteiger partial charge in [0.15, 0.2) is 6.10 Å². The van der Waals surface area contributed by atoms with Gasteiger partial charge in [-0.2, -0.15) is 0 Å². The number of nitrogens with one attached hydrogen (secondary N) is 6. The summed E-state index contributed by atoms with van der Waals surface area (Å²) in [5, 5.41) is 46.0. The number of nitrogens with zero attached hydrogens (tertiary/aromatic N) is 1. The van der Waals surface area contributed by atoms with Crippen molar-refractivity contribution in [1.29, 1.82) is 0 Å². The lowest BCUT2D eigenvalue weighted by molar-refractivity contribution is -0.228. The van der Waals surface area contributed by atoms with Crippen LogP contribution in [0.5, 0.6) is 5.75 Å². The van der Waals surface area contributed by atoms with Gasteiger partial charge in [0.05, 0.1) is 24.4 Å². The average molecular weight is 1030 g/mol. The van der Waals surface area contributed by atoms with Gasteiger partial charge in [-0.25, -0.2) is 9.59 Å². The van der Waals surface area contributed by atoms with Gasteiger partial charge in [-0.3, -0.25) is 19.2 Å². The quantitative estimate of drug-likeness (QED) is 0.0568. The third kappa shape index (κ3) is 15.6. The Kier molecular flexibility index (Phi) is 21.8. The van der Waals surface area contributed by atoms with E-state index in [-0.39, 0.29) is 30.7 Å². The molecule has 3 heterocycles. The van der Waals surface area contributed by atoms with Gasteiger partial charge in [0.25, 0.3) is 11.8 Å². The number of carbonyl (C=O) groups excluding carboxylic acids is 5. The number of hydrogen-bond acceptors (Lipinski definition) is 12. The number of nitrogens with two attached hydrogens (primary N) is 2. The van der Waals surface area contributed by atoms with Crippen LogP contribution in [0, 0.1) is 5.92 Å². The lowest BCUT2D eigenvalue weighted by atomic mass is 10.0. The molecule has 1 saturated heterocycles. The van der Waals surface area contributed by atoms with Crippen molar-refractivity contribution < 1.29 is 53.6 Å². The van der Waals surface area contributed by atoms with Crippen LogP contribution >= 0.6 is 11.6 Å². The van der Waals surface area contributed by atoms with Crippen molar-refractivity contribution in [3.8, 4) is 5.75 Å². The Morgan fingerprint density at radius 3 is 2.15 bits per heavy atom. The fourth-order valence-electron chi connectivity index (χ4n) is 8.03. The second kappa shape index (κ2) is 27.9. The highest BCUT2D eigenvalue weighted by Crippen LogP contribution is 2.42. The summed E-state index contributed by atoms with van der Waals surface area (Å²) in [7, 11) is 0. The van der Waals surface area contributed by atoms with Crippen molar-refractivity contribution in [2.75, 3.05) is 54.6 Å². The van der Waals surface area contributed by atoms with Gasteiger partial charge in [0.1, 0.15) is 17.5 Å². The van der Waals surface area contributed by atoms with E-state index in [4.69, 9.17) is 20.9 Å². The molecule has 1 aromatic heterocycles. The number of aromatic amines is 1. The molecular weight excluding hydrogens is 962 g/mol. The van der Waals surface area contributed by atoms with E-state index in [1.165, 1.54) is 32.1 Å². The van der Waals surface area contributed by atoms with E-state index < -0.39 is 54.5 Å². The number of aliphatic hydroxyl groups is 2. The van der Waals surface area contributed by atoms with E-state index in [9.17, 15) is 44.1 Å². The summed E-state index contributed by atoms with van der Waals surface area (Å²) in [5.74, 6) is -2.52. The summed E-state index contributed by atoms with van der Waals surface area (Å²) >= 11 is 4.64. The molecule has 20 nitrogen and oxygen atoms in total. The number of aliphatic hydroxyl groups excluding tert-OH is 2. The molecule has 73 heavy (non-hydrogen) atoms. The highest BCUT2D eigenvalue weighted by atomic mass is 35.5. The molecule has 5 aromatic rings. The van der Waals surface area contributed by atoms with Crippen LogP contribution in [-0.2, 0) is 25.5 Å². The molecule has 0 spiro atoms. The molecule has 0 radical (unpaired) electrons. The van der Waals surface area contributed by atoms with E-state index in [1.54, 1.807) is 59.5 Å². The fourth-order valence-corrected chi connectivity index (χ4v) is 8.03. The first kappa shape index (κ1) is 57.1. The van der Waals surface area contributed by atoms with Gasteiger partial charge >= 0.3 is 12.0 Å². The average Bonchev–Trinajstić information content (AvgIpc) is 3.99. The normalized spacial score (nSPS) is 18.0. The number of rotatable bonds is 16. The van der Waals surface area contributed by atoms with Crippen LogP contribution in [0.25, 0.3) is 21.7 Å². The lowest BCUT2D eigenvalue weighted by Crippen LogP contribution is -2.53. The minimum Gasteiger partial charge on any atom is -0.479 e. The molecule has 2 fully saturated rings. The second-order valence-corrected chi connectivity index (χ2v) is 17.8. The highest BCUT2D eigenvalue weighted by molar-refractivity contribution is 6.15. The number of amides is 6. The van der Waals surface area contributed by atoms with Gasteiger partial charge in [-0.15, -0.1) is 11.6 Å². The lowest BCUT2D eigenvalue weighted by Gasteiger charge is -2.35. The van der Waals surface area contributed by atoms with Gasteiger partial charge in [-0.1, -0.05) is 70.7 Å². The zero-order valence-electron chi connectivity index (χ0n) is 41.5. The number of urea groups is 1. The highest BCUT2D eigenvalue weighted by Gasteiger charge is 2.42. The van der Waals surface area contributed by atoms with Crippen molar-refractivity contribution >= 4 is 86.0 Å². The van der Waals surface area contributed by atoms with Crippen LogP contribution in [0.1, 0.15) is 85.7 Å². The molecule has 1 aliphatic carbocycles. The third-order valence-electron chi connectivity index (χ3n) is 12.1. The van der Waals surface area contributed by atoms with E-state index in [1.807, 2.05) is 45.0 Å². The Morgan fingerprint density at radius 2 is 1.55 bits per heavy atom. The predicted octanol–water partition coefficient (Wildman–Crippen LogP) is 5.18. The first-order chi connectivity index (χ1) is 35.1. The summed E-state index contributed by atoms with van der Waals surface area (Å²) < 4.78 is 11.7. The molecule has 1 unspecified atom stereocenters. The van der Waals surface area contributed by atoms with Crippen molar-refractivity contribution in [3.05, 3.63) is 95.7 Å². The molecule has 21 heteroatoms. The number of carbonyl (C=O) groups is 6. The Balaban J connectivity index is 0.000000672. The molecule has 13 N–H and O–H groups in total. The van der Waals surface area contributed by atoms with Crippen LogP contribution in [0.15, 0.2) is 78.9 Å². The number of ether oxygens (including phenoxy) is 2. The first-order valence-electron chi connectivity index (χ1n) is 24.3. The summed E-state index contributed by atoms with van der Waals surface area (Å²) in [4.78, 5) is 78.7. The predicted molar refractivity (Wildman–Crippen MR) is 281 cm³/mol. The Bertz CT molecular complexity index is 2670. The maximum absolute atomic E-state index is 14.1. The molecule has 0 bridgehead atoms. The number of anilines is 3. The zero-order valence-corrected chi connectivity index (χ0v) is 42.3. The smallest absolute Gasteiger partial charge is 0.335 e. The molecule has 6 amide bonds. The molecule has 4 aromatic carbocycles.